The predicted octanol–water partition coefficient (Wildman–Crippen LogP) is 3.80. The van der Waals surface area contributed by atoms with E-state index in [2.05, 4.69) is 16.5 Å². The van der Waals surface area contributed by atoms with Gasteiger partial charge in [0.25, 0.3) is 0 Å². The minimum atomic E-state index is 0.220. The lowest BCUT2D eigenvalue weighted by atomic mass is 10.1. The predicted molar refractivity (Wildman–Crippen MR) is 113 cm³/mol. The molecule has 0 aliphatic carbocycles. The van der Waals surface area contributed by atoms with Crippen LogP contribution in [-0.4, -0.2) is 45.5 Å². The number of pyridine rings is 1. The number of rotatable bonds is 7. The Labute approximate surface area is 171 Å². The van der Waals surface area contributed by atoms with Crippen LogP contribution >= 0.6 is 0 Å². The second kappa shape index (κ2) is 8.64. The molecule has 29 heavy (non-hydrogen) atoms. The van der Waals surface area contributed by atoms with Gasteiger partial charge in [-0.2, -0.15) is 0 Å². The molecule has 2 aromatic heterocycles. The van der Waals surface area contributed by atoms with Crippen molar-refractivity contribution in [3.05, 3.63) is 54.0 Å². The van der Waals surface area contributed by atoms with E-state index in [1.165, 1.54) is 0 Å². The minimum absolute atomic E-state index is 0.220. The van der Waals surface area contributed by atoms with Crippen molar-refractivity contribution in [1.82, 2.24) is 19.4 Å². The van der Waals surface area contributed by atoms with Gasteiger partial charge in [-0.1, -0.05) is 19.1 Å². The third-order valence-corrected chi connectivity index (χ3v) is 5.66. The number of aromatic nitrogens is 3. The number of carbonyl (C=O) groups is 1. The number of nitrogens with zero attached hydrogens (tertiary/aromatic N) is 4. The van der Waals surface area contributed by atoms with E-state index >= 15 is 0 Å². The van der Waals surface area contributed by atoms with Crippen LogP contribution in [0, 0.1) is 0 Å². The van der Waals surface area contributed by atoms with Gasteiger partial charge in [0.2, 0.25) is 5.91 Å². The van der Waals surface area contributed by atoms with Crippen molar-refractivity contribution >= 4 is 17.1 Å². The summed E-state index contributed by atoms with van der Waals surface area (Å²) in [6, 6.07) is 12.1. The molecule has 1 fully saturated rings. The SMILES string of the molecule is CCCc1nc2cccnc2n1C1CCN(C(=O)CCc2ccc(OC)cc2)C1. The molecule has 6 heteroatoms. The van der Waals surface area contributed by atoms with E-state index in [0.29, 0.717) is 6.42 Å². The number of amides is 1. The quantitative estimate of drug-likeness (QED) is 0.614. The van der Waals surface area contributed by atoms with Crippen molar-refractivity contribution in [3.63, 3.8) is 0 Å². The van der Waals surface area contributed by atoms with E-state index in [0.717, 1.165) is 67.1 Å². The highest BCUT2D eigenvalue weighted by Crippen LogP contribution is 2.28. The fourth-order valence-electron chi connectivity index (χ4n) is 4.14. The van der Waals surface area contributed by atoms with Gasteiger partial charge in [0.1, 0.15) is 17.1 Å². The minimum Gasteiger partial charge on any atom is -0.497 e. The molecule has 6 nitrogen and oxygen atoms in total. The van der Waals surface area contributed by atoms with E-state index in [1.54, 1.807) is 7.11 Å². The molecule has 0 bridgehead atoms. The van der Waals surface area contributed by atoms with Crippen molar-refractivity contribution in [1.29, 1.82) is 0 Å². The average Bonchev–Trinajstić information content (AvgIpc) is 3.37. The maximum atomic E-state index is 12.8. The largest absolute Gasteiger partial charge is 0.497 e. The van der Waals surface area contributed by atoms with Crippen LogP contribution in [0.2, 0.25) is 0 Å². The summed E-state index contributed by atoms with van der Waals surface area (Å²) < 4.78 is 7.47. The number of imidazole rings is 1. The molecule has 1 atom stereocenters. The summed E-state index contributed by atoms with van der Waals surface area (Å²) in [6.45, 7) is 3.70. The van der Waals surface area contributed by atoms with Crippen molar-refractivity contribution < 1.29 is 9.53 Å². The molecule has 0 spiro atoms. The van der Waals surface area contributed by atoms with Crippen LogP contribution in [0.5, 0.6) is 5.75 Å². The molecule has 4 rings (SSSR count). The number of benzene rings is 1. The van der Waals surface area contributed by atoms with Gasteiger partial charge in [0.15, 0.2) is 5.65 Å². The van der Waals surface area contributed by atoms with Gasteiger partial charge < -0.3 is 14.2 Å². The van der Waals surface area contributed by atoms with Crippen LogP contribution in [0.1, 0.15) is 43.6 Å². The van der Waals surface area contributed by atoms with Gasteiger partial charge in [0, 0.05) is 32.1 Å². The van der Waals surface area contributed by atoms with Crippen LogP contribution in [0.15, 0.2) is 42.6 Å². The van der Waals surface area contributed by atoms with E-state index in [1.807, 2.05) is 47.5 Å². The van der Waals surface area contributed by atoms with E-state index in [9.17, 15) is 4.79 Å². The Bertz CT molecular complexity index is 980. The molecule has 1 saturated heterocycles. The van der Waals surface area contributed by atoms with Gasteiger partial charge in [-0.15, -0.1) is 0 Å². The first kappa shape index (κ1) is 19.4. The van der Waals surface area contributed by atoms with Crippen LogP contribution < -0.4 is 4.74 Å². The summed E-state index contributed by atoms with van der Waals surface area (Å²) in [5.74, 6) is 2.14. The molecule has 1 aromatic carbocycles. The van der Waals surface area contributed by atoms with Gasteiger partial charge in [-0.3, -0.25) is 4.79 Å². The summed E-state index contributed by atoms with van der Waals surface area (Å²) >= 11 is 0. The van der Waals surface area contributed by atoms with Crippen LogP contribution in [0.4, 0.5) is 0 Å². The van der Waals surface area contributed by atoms with E-state index in [4.69, 9.17) is 9.72 Å². The Morgan fingerprint density at radius 2 is 2.03 bits per heavy atom. The Balaban J connectivity index is 1.42. The van der Waals surface area contributed by atoms with Gasteiger partial charge in [0.05, 0.1) is 13.2 Å². The molecular formula is C23H28N4O2. The standard InChI is InChI=1S/C23H28N4O2/c1-3-5-21-25-20-6-4-14-24-23(20)27(21)18-13-15-26(16-18)22(28)12-9-17-7-10-19(29-2)11-8-17/h4,6-8,10-11,14,18H,3,5,9,12-13,15-16H2,1-2H3. The molecule has 0 N–H and O–H groups in total. The summed E-state index contributed by atoms with van der Waals surface area (Å²) in [4.78, 5) is 24.2. The zero-order chi connectivity index (χ0) is 20.2. The molecular weight excluding hydrogens is 364 g/mol. The highest BCUT2D eigenvalue weighted by molar-refractivity contribution is 5.77. The van der Waals surface area contributed by atoms with Crippen LogP contribution in [0.25, 0.3) is 11.2 Å². The molecule has 1 unspecified atom stereocenters. The van der Waals surface area contributed by atoms with E-state index < -0.39 is 0 Å². The van der Waals surface area contributed by atoms with Gasteiger partial charge in [-0.05, 0) is 49.1 Å². The van der Waals surface area contributed by atoms with Gasteiger partial charge >= 0.3 is 0 Å². The highest BCUT2D eigenvalue weighted by atomic mass is 16.5. The Hall–Kier alpha value is -2.89. The number of likely N-dealkylation sites (tertiary alicyclic amines) is 1. The molecule has 1 aliphatic rings. The number of fused-ring (bicyclic) bond motifs is 1. The first-order chi connectivity index (χ1) is 14.2. The summed E-state index contributed by atoms with van der Waals surface area (Å²) in [6.07, 6.45) is 6.03. The molecule has 3 heterocycles. The zero-order valence-corrected chi connectivity index (χ0v) is 17.2. The topological polar surface area (TPSA) is 60.2 Å². The number of hydrogen-bond acceptors (Lipinski definition) is 4. The molecule has 0 saturated carbocycles. The zero-order valence-electron chi connectivity index (χ0n) is 17.2. The first-order valence-corrected chi connectivity index (χ1v) is 10.4. The van der Waals surface area contributed by atoms with Crippen molar-refractivity contribution in [3.8, 4) is 5.75 Å². The Morgan fingerprint density at radius 3 is 2.79 bits per heavy atom. The van der Waals surface area contributed by atoms with Crippen molar-refractivity contribution in [2.75, 3.05) is 20.2 Å². The lowest BCUT2D eigenvalue weighted by Crippen LogP contribution is -2.29. The summed E-state index contributed by atoms with van der Waals surface area (Å²) in [7, 11) is 1.66. The highest BCUT2D eigenvalue weighted by Gasteiger charge is 2.30. The normalized spacial score (nSPS) is 16.5. The first-order valence-electron chi connectivity index (χ1n) is 10.4. The third-order valence-electron chi connectivity index (χ3n) is 5.66. The molecule has 3 aromatic rings. The fourth-order valence-corrected chi connectivity index (χ4v) is 4.14. The monoisotopic (exact) mass is 392 g/mol. The fraction of sp³-hybridized carbons (Fsp3) is 0.435. The molecule has 1 aliphatic heterocycles. The van der Waals surface area contributed by atoms with Crippen LogP contribution in [0.3, 0.4) is 0 Å². The maximum Gasteiger partial charge on any atom is 0.222 e. The maximum absolute atomic E-state index is 12.8. The van der Waals surface area contributed by atoms with Crippen molar-refractivity contribution in [2.24, 2.45) is 0 Å². The third kappa shape index (κ3) is 4.11. The number of hydrogen-bond donors (Lipinski definition) is 0. The van der Waals surface area contributed by atoms with E-state index in [-0.39, 0.29) is 11.9 Å². The van der Waals surface area contributed by atoms with Gasteiger partial charge in [-0.25, -0.2) is 9.97 Å². The lowest BCUT2D eigenvalue weighted by Gasteiger charge is -2.19. The Kier molecular flexibility index (Phi) is 5.79. The number of carbonyl (C=O) groups excluding carboxylic acids is 1. The average molecular weight is 393 g/mol. The Morgan fingerprint density at radius 1 is 1.21 bits per heavy atom. The number of aryl methyl sites for hydroxylation is 2. The lowest BCUT2D eigenvalue weighted by molar-refractivity contribution is -0.130. The second-order valence-electron chi connectivity index (χ2n) is 7.62. The molecule has 152 valence electrons. The molecule has 1 amide bonds. The number of methoxy groups -OCH3 is 1. The smallest absolute Gasteiger partial charge is 0.222 e. The molecule has 0 radical (unpaired) electrons. The summed E-state index contributed by atoms with van der Waals surface area (Å²) in [5, 5.41) is 0. The summed E-state index contributed by atoms with van der Waals surface area (Å²) in [5.41, 5.74) is 3.04. The van der Waals surface area contributed by atoms with Crippen molar-refractivity contribution in [2.45, 2.75) is 45.1 Å². The number of ether oxygens (including phenoxy) is 1. The van der Waals surface area contributed by atoms with Crippen LogP contribution in [-0.2, 0) is 17.6 Å². The second-order valence-corrected chi connectivity index (χ2v) is 7.62.